The van der Waals surface area contributed by atoms with Crippen LogP contribution in [0, 0.1) is 0 Å². The maximum Gasteiger partial charge on any atom is 0.294 e. The van der Waals surface area contributed by atoms with Crippen molar-refractivity contribution in [1.29, 1.82) is 0 Å². The first-order valence-electron chi connectivity index (χ1n) is 9.88. The topological polar surface area (TPSA) is 67.9 Å². The van der Waals surface area contributed by atoms with Gasteiger partial charge in [0.05, 0.1) is 11.8 Å². The largest absolute Gasteiger partial charge is 0.449 e. The third-order valence-electron chi connectivity index (χ3n) is 4.37. The highest BCUT2D eigenvalue weighted by atomic mass is 79.9. The minimum absolute atomic E-state index is 0.0833. The molecule has 0 aliphatic carbocycles. The van der Waals surface area contributed by atoms with Gasteiger partial charge in [-0.3, -0.25) is 14.5 Å². The van der Waals surface area contributed by atoms with Crippen molar-refractivity contribution in [1.82, 2.24) is 5.32 Å². The van der Waals surface area contributed by atoms with E-state index in [-0.39, 0.29) is 30.2 Å². The SMILES string of the molecule is CC(C)OCCCNC(=O)CN1C(=O)/C(=C\c2cccc(Br)c2)Oc2ccccc21. The molecule has 1 heterocycles. The third kappa shape index (κ3) is 5.93. The number of amides is 2. The van der Waals surface area contributed by atoms with Crippen LogP contribution in [0.4, 0.5) is 5.69 Å². The number of fused-ring (bicyclic) bond motifs is 1. The van der Waals surface area contributed by atoms with E-state index in [4.69, 9.17) is 9.47 Å². The standard InChI is InChI=1S/C23H25BrN2O4/c1-16(2)29-12-6-11-25-22(27)15-26-19-9-3-4-10-20(19)30-21(23(26)28)14-17-7-5-8-18(24)13-17/h3-5,7-10,13-14,16H,6,11-12,15H2,1-2H3,(H,25,27)/b21-14+. The second kappa shape index (κ2) is 10.4. The molecule has 158 valence electrons. The zero-order valence-corrected chi connectivity index (χ0v) is 18.6. The van der Waals surface area contributed by atoms with Gasteiger partial charge < -0.3 is 14.8 Å². The molecule has 1 aliphatic rings. The van der Waals surface area contributed by atoms with Crippen molar-refractivity contribution in [2.24, 2.45) is 0 Å². The number of anilines is 1. The maximum absolute atomic E-state index is 13.1. The molecule has 1 aliphatic heterocycles. The van der Waals surface area contributed by atoms with Gasteiger partial charge in [-0.25, -0.2) is 0 Å². The monoisotopic (exact) mass is 472 g/mol. The summed E-state index contributed by atoms with van der Waals surface area (Å²) in [6.07, 6.45) is 2.56. The lowest BCUT2D eigenvalue weighted by molar-refractivity contribution is -0.123. The van der Waals surface area contributed by atoms with Gasteiger partial charge in [0.2, 0.25) is 5.91 Å². The Kier molecular flexibility index (Phi) is 7.65. The highest BCUT2D eigenvalue weighted by Gasteiger charge is 2.31. The van der Waals surface area contributed by atoms with Crippen LogP contribution in [0.15, 0.2) is 58.8 Å². The van der Waals surface area contributed by atoms with Crippen LogP contribution in [0.25, 0.3) is 6.08 Å². The number of hydrogen-bond acceptors (Lipinski definition) is 4. The molecule has 0 atom stereocenters. The first-order chi connectivity index (χ1) is 14.4. The van der Waals surface area contributed by atoms with Crippen molar-refractivity contribution in [3.63, 3.8) is 0 Å². The number of hydrogen-bond donors (Lipinski definition) is 1. The highest BCUT2D eigenvalue weighted by Crippen LogP contribution is 2.35. The molecule has 0 radical (unpaired) electrons. The molecule has 0 spiro atoms. The van der Waals surface area contributed by atoms with Crippen molar-refractivity contribution in [2.45, 2.75) is 26.4 Å². The van der Waals surface area contributed by atoms with E-state index in [2.05, 4.69) is 21.2 Å². The van der Waals surface area contributed by atoms with Crippen LogP contribution in [0.2, 0.25) is 0 Å². The minimum atomic E-state index is -0.355. The fraction of sp³-hybridized carbons (Fsp3) is 0.304. The lowest BCUT2D eigenvalue weighted by Crippen LogP contribution is -2.44. The molecule has 1 N–H and O–H groups in total. The van der Waals surface area contributed by atoms with Gasteiger partial charge in [-0.15, -0.1) is 0 Å². The predicted octanol–water partition coefficient (Wildman–Crippen LogP) is 4.15. The molecule has 7 heteroatoms. The zero-order chi connectivity index (χ0) is 21.5. The van der Waals surface area contributed by atoms with Crippen LogP contribution in [-0.4, -0.2) is 37.6 Å². The fourth-order valence-corrected chi connectivity index (χ4v) is 3.40. The van der Waals surface area contributed by atoms with Gasteiger partial charge in [0.15, 0.2) is 11.5 Å². The molecule has 2 aromatic carbocycles. The number of nitrogens with zero attached hydrogens (tertiary/aromatic N) is 1. The van der Waals surface area contributed by atoms with Gasteiger partial charge in [-0.1, -0.05) is 40.2 Å². The van der Waals surface area contributed by atoms with Crippen LogP contribution in [0.3, 0.4) is 0 Å². The number of benzene rings is 2. The number of carbonyl (C=O) groups excluding carboxylic acids is 2. The van der Waals surface area contributed by atoms with E-state index in [1.54, 1.807) is 18.2 Å². The Hall–Kier alpha value is -2.64. The van der Waals surface area contributed by atoms with Gasteiger partial charge in [0, 0.05) is 17.6 Å². The van der Waals surface area contributed by atoms with Crippen molar-refractivity contribution >= 4 is 39.5 Å². The van der Waals surface area contributed by atoms with E-state index in [1.165, 1.54) is 4.90 Å². The normalized spacial score (nSPS) is 14.6. The molecule has 0 aromatic heterocycles. The van der Waals surface area contributed by atoms with Gasteiger partial charge in [-0.05, 0) is 56.2 Å². The lowest BCUT2D eigenvalue weighted by atomic mass is 10.1. The minimum Gasteiger partial charge on any atom is -0.449 e. The molecular formula is C23H25BrN2O4. The molecule has 0 saturated heterocycles. The van der Waals surface area contributed by atoms with Crippen LogP contribution in [-0.2, 0) is 14.3 Å². The molecule has 0 fully saturated rings. The van der Waals surface area contributed by atoms with E-state index in [0.717, 1.165) is 10.0 Å². The number of nitrogens with one attached hydrogen (secondary N) is 1. The number of rotatable bonds is 8. The summed E-state index contributed by atoms with van der Waals surface area (Å²) >= 11 is 3.43. The third-order valence-corrected chi connectivity index (χ3v) is 4.87. The Morgan fingerprint density at radius 1 is 1.23 bits per heavy atom. The summed E-state index contributed by atoms with van der Waals surface area (Å²) in [5.41, 5.74) is 1.40. The van der Waals surface area contributed by atoms with Gasteiger partial charge in [0.1, 0.15) is 6.54 Å². The molecule has 6 nitrogen and oxygen atoms in total. The maximum atomic E-state index is 13.1. The van der Waals surface area contributed by atoms with E-state index in [9.17, 15) is 9.59 Å². The lowest BCUT2D eigenvalue weighted by Gasteiger charge is -2.30. The van der Waals surface area contributed by atoms with Crippen molar-refractivity contribution in [3.8, 4) is 5.75 Å². The van der Waals surface area contributed by atoms with Crippen LogP contribution >= 0.6 is 15.9 Å². The fourth-order valence-electron chi connectivity index (χ4n) is 2.99. The summed E-state index contributed by atoms with van der Waals surface area (Å²) in [6, 6.07) is 14.8. The van der Waals surface area contributed by atoms with Crippen molar-refractivity contribution in [3.05, 3.63) is 64.3 Å². The summed E-state index contributed by atoms with van der Waals surface area (Å²) in [5.74, 6) is 0.125. The smallest absolute Gasteiger partial charge is 0.294 e. The Labute approximate surface area is 185 Å². The molecule has 30 heavy (non-hydrogen) atoms. The molecule has 0 unspecified atom stereocenters. The number of para-hydroxylation sites is 2. The summed E-state index contributed by atoms with van der Waals surface area (Å²) in [6.45, 7) is 4.93. The van der Waals surface area contributed by atoms with Crippen LogP contribution < -0.4 is 15.0 Å². The first kappa shape index (κ1) is 22.1. The molecule has 0 saturated carbocycles. The Balaban J connectivity index is 1.72. The highest BCUT2D eigenvalue weighted by molar-refractivity contribution is 9.10. The van der Waals surface area contributed by atoms with E-state index < -0.39 is 0 Å². The second-order valence-electron chi connectivity index (χ2n) is 7.15. The zero-order valence-electron chi connectivity index (χ0n) is 17.1. The van der Waals surface area contributed by atoms with Crippen LogP contribution in [0.1, 0.15) is 25.8 Å². The predicted molar refractivity (Wildman–Crippen MR) is 120 cm³/mol. The summed E-state index contributed by atoms with van der Waals surface area (Å²) in [5, 5.41) is 2.85. The van der Waals surface area contributed by atoms with Crippen molar-refractivity contribution in [2.75, 3.05) is 24.6 Å². The summed E-state index contributed by atoms with van der Waals surface area (Å²) in [4.78, 5) is 27.0. The Morgan fingerprint density at radius 2 is 2.03 bits per heavy atom. The average Bonchev–Trinajstić information content (AvgIpc) is 2.70. The molecule has 2 aromatic rings. The average molecular weight is 473 g/mol. The summed E-state index contributed by atoms with van der Waals surface area (Å²) in [7, 11) is 0. The van der Waals surface area contributed by atoms with Crippen LogP contribution in [0.5, 0.6) is 5.75 Å². The molecule has 3 rings (SSSR count). The Bertz CT molecular complexity index is 942. The van der Waals surface area contributed by atoms with E-state index >= 15 is 0 Å². The Morgan fingerprint density at radius 3 is 2.80 bits per heavy atom. The van der Waals surface area contributed by atoms with E-state index in [0.29, 0.717) is 31.0 Å². The first-order valence-corrected chi connectivity index (χ1v) is 10.7. The van der Waals surface area contributed by atoms with Crippen molar-refractivity contribution < 1.29 is 19.1 Å². The van der Waals surface area contributed by atoms with Gasteiger partial charge in [-0.2, -0.15) is 0 Å². The summed E-state index contributed by atoms with van der Waals surface area (Å²) < 4.78 is 12.2. The quantitative estimate of drug-likeness (QED) is 0.462. The molecular weight excluding hydrogens is 448 g/mol. The number of ether oxygens (including phenoxy) is 2. The molecule has 2 amide bonds. The van der Waals surface area contributed by atoms with Gasteiger partial charge >= 0.3 is 0 Å². The number of carbonyl (C=O) groups is 2. The second-order valence-corrected chi connectivity index (χ2v) is 8.06. The van der Waals surface area contributed by atoms with Gasteiger partial charge in [0.25, 0.3) is 5.91 Å². The van der Waals surface area contributed by atoms with E-state index in [1.807, 2.05) is 50.2 Å². The number of halogens is 1. The molecule has 0 bridgehead atoms.